The molecule has 1 aliphatic heterocycles. The molecule has 0 bridgehead atoms. The zero-order valence-electron chi connectivity index (χ0n) is 10.5. The van der Waals surface area contributed by atoms with Crippen molar-refractivity contribution >= 4 is 23.4 Å². The summed E-state index contributed by atoms with van der Waals surface area (Å²) in [5, 5.41) is 0.508. The van der Waals surface area contributed by atoms with Gasteiger partial charge >= 0.3 is 0 Å². The number of halogens is 1. The molecule has 1 aromatic carbocycles. The number of thioether (sulfide) groups is 1. The molecule has 3 rings (SSSR count). The minimum absolute atomic E-state index is 0.508. The number of aromatic nitrogens is 2. The molecule has 0 radical (unpaired) electrons. The first-order valence-electron chi connectivity index (χ1n) is 6.05. The van der Waals surface area contributed by atoms with Crippen molar-refractivity contribution in [2.45, 2.75) is 17.9 Å². The number of nitrogens with zero attached hydrogens (tertiary/aromatic N) is 2. The van der Waals surface area contributed by atoms with Crippen LogP contribution in [0.5, 0.6) is 0 Å². The third-order valence-electron chi connectivity index (χ3n) is 3.12. The van der Waals surface area contributed by atoms with Gasteiger partial charge in [-0.3, -0.25) is 0 Å². The first-order valence-corrected chi connectivity index (χ1v) is 7.65. The Labute approximate surface area is 121 Å². The van der Waals surface area contributed by atoms with Gasteiger partial charge in [0.15, 0.2) is 5.82 Å². The van der Waals surface area contributed by atoms with E-state index in [1.54, 1.807) is 11.8 Å². The standard InChI is InChI=1S/C14H13ClN2OS/c1-19-10-4-2-9(3-5-10)14-16-12-6-7-18-8-11(12)13(15)17-14/h2-5H,6-8H2,1H3. The summed E-state index contributed by atoms with van der Waals surface area (Å²) in [5.74, 6) is 0.693. The molecule has 0 saturated carbocycles. The van der Waals surface area contributed by atoms with Crippen LogP contribution in [0.2, 0.25) is 5.15 Å². The summed E-state index contributed by atoms with van der Waals surface area (Å²) in [4.78, 5) is 10.2. The molecular weight excluding hydrogens is 280 g/mol. The molecule has 3 nitrogen and oxygen atoms in total. The van der Waals surface area contributed by atoms with Crippen LogP contribution >= 0.6 is 23.4 Å². The second-order valence-electron chi connectivity index (χ2n) is 4.29. The number of hydrogen-bond donors (Lipinski definition) is 0. The van der Waals surface area contributed by atoms with Crippen LogP contribution in [-0.4, -0.2) is 22.8 Å². The van der Waals surface area contributed by atoms with Crippen molar-refractivity contribution in [3.63, 3.8) is 0 Å². The molecule has 2 heterocycles. The van der Waals surface area contributed by atoms with E-state index in [4.69, 9.17) is 16.3 Å². The molecule has 5 heteroatoms. The minimum Gasteiger partial charge on any atom is -0.376 e. The van der Waals surface area contributed by atoms with Gasteiger partial charge in [0.05, 0.1) is 18.9 Å². The summed E-state index contributed by atoms with van der Waals surface area (Å²) in [6.45, 7) is 1.21. The Hall–Kier alpha value is -1.10. The van der Waals surface area contributed by atoms with E-state index in [0.717, 1.165) is 23.2 Å². The van der Waals surface area contributed by atoms with Gasteiger partial charge in [-0.1, -0.05) is 23.7 Å². The minimum atomic E-state index is 0.508. The van der Waals surface area contributed by atoms with Crippen molar-refractivity contribution in [2.24, 2.45) is 0 Å². The lowest BCUT2D eigenvalue weighted by Crippen LogP contribution is -2.14. The predicted octanol–water partition coefficient (Wildman–Crippen LogP) is 3.59. The Morgan fingerprint density at radius 3 is 2.74 bits per heavy atom. The van der Waals surface area contributed by atoms with Crippen LogP contribution in [0.4, 0.5) is 0 Å². The zero-order chi connectivity index (χ0) is 13.2. The van der Waals surface area contributed by atoms with Crippen molar-refractivity contribution in [3.8, 4) is 11.4 Å². The molecule has 98 valence electrons. The van der Waals surface area contributed by atoms with Gasteiger partial charge in [-0.25, -0.2) is 9.97 Å². The predicted molar refractivity (Wildman–Crippen MR) is 77.6 cm³/mol. The first-order chi connectivity index (χ1) is 9.28. The Morgan fingerprint density at radius 1 is 1.21 bits per heavy atom. The quantitative estimate of drug-likeness (QED) is 0.626. The van der Waals surface area contributed by atoms with Crippen molar-refractivity contribution in [1.82, 2.24) is 9.97 Å². The van der Waals surface area contributed by atoms with Crippen molar-refractivity contribution in [2.75, 3.05) is 12.9 Å². The van der Waals surface area contributed by atoms with E-state index in [-0.39, 0.29) is 0 Å². The van der Waals surface area contributed by atoms with E-state index in [1.807, 2.05) is 12.1 Å². The van der Waals surface area contributed by atoms with Crippen molar-refractivity contribution in [1.29, 1.82) is 0 Å². The van der Waals surface area contributed by atoms with Crippen LogP contribution in [0, 0.1) is 0 Å². The highest BCUT2D eigenvalue weighted by Gasteiger charge is 2.17. The summed E-state index contributed by atoms with van der Waals surface area (Å²) in [6, 6.07) is 8.20. The normalized spacial score (nSPS) is 14.2. The lowest BCUT2D eigenvalue weighted by atomic mass is 10.1. The van der Waals surface area contributed by atoms with E-state index in [1.165, 1.54) is 4.90 Å². The maximum atomic E-state index is 6.22. The van der Waals surface area contributed by atoms with Gasteiger partial charge in [0, 0.05) is 22.4 Å². The highest BCUT2D eigenvalue weighted by Crippen LogP contribution is 2.26. The van der Waals surface area contributed by atoms with E-state index in [0.29, 0.717) is 24.2 Å². The fraction of sp³-hybridized carbons (Fsp3) is 0.286. The van der Waals surface area contributed by atoms with Gasteiger partial charge in [0.25, 0.3) is 0 Å². The molecular formula is C14H13ClN2OS. The Kier molecular flexibility index (Phi) is 3.73. The maximum absolute atomic E-state index is 6.22. The summed E-state index contributed by atoms with van der Waals surface area (Å²) >= 11 is 7.94. The first kappa shape index (κ1) is 12.9. The average molecular weight is 293 g/mol. The average Bonchev–Trinajstić information content (AvgIpc) is 2.47. The maximum Gasteiger partial charge on any atom is 0.161 e. The Balaban J connectivity index is 2.02. The summed E-state index contributed by atoms with van der Waals surface area (Å²) in [7, 11) is 0. The molecule has 0 atom stereocenters. The summed E-state index contributed by atoms with van der Waals surface area (Å²) in [6.07, 6.45) is 2.86. The molecule has 0 amide bonds. The van der Waals surface area contributed by atoms with Crippen molar-refractivity contribution < 1.29 is 4.74 Å². The van der Waals surface area contributed by atoms with Crippen LogP contribution < -0.4 is 0 Å². The third-order valence-corrected chi connectivity index (χ3v) is 4.18. The SMILES string of the molecule is CSc1ccc(-c2nc(Cl)c3c(n2)CCOC3)cc1. The summed E-state index contributed by atoms with van der Waals surface area (Å²) < 4.78 is 5.39. The number of benzene rings is 1. The van der Waals surface area contributed by atoms with E-state index >= 15 is 0 Å². The van der Waals surface area contributed by atoms with Gasteiger partial charge < -0.3 is 4.74 Å². The Morgan fingerprint density at radius 2 is 2.00 bits per heavy atom. The lowest BCUT2D eigenvalue weighted by Gasteiger charge is -2.17. The van der Waals surface area contributed by atoms with Crippen LogP contribution in [0.15, 0.2) is 29.2 Å². The number of ether oxygens (including phenoxy) is 1. The molecule has 0 fully saturated rings. The molecule has 0 spiro atoms. The van der Waals surface area contributed by atoms with Gasteiger partial charge in [-0.2, -0.15) is 0 Å². The smallest absolute Gasteiger partial charge is 0.161 e. The van der Waals surface area contributed by atoms with E-state index in [9.17, 15) is 0 Å². The van der Waals surface area contributed by atoms with Crippen LogP contribution in [0.3, 0.4) is 0 Å². The molecule has 1 aliphatic rings. The highest BCUT2D eigenvalue weighted by atomic mass is 35.5. The van der Waals surface area contributed by atoms with E-state index in [2.05, 4.69) is 28.4 Å². The number of fused-ring (bicyclic) bond motifs is 1. The monoisotopic (exact) mass is 292 g/mol. The van der Waals surface area contributed by atoms with E-state index < -0.39 is 0 Å². The van der Waals surface area contributed by atoms with Crippen LogP contribution in [0.25, 0.3) is 11.4 Å². The summed E-state index contributed by atoms with van der Waals surface area (Å²) in [5.41, 5.74) is 2.93. The molecule has 1 aromatic heterocycles. The molecule has 2 aromatic rings. The molecule has 0 saturated heterocycles. The molecule has 0 N–H and O–H groups in total. The second-order valence-corrected chi connectivity index (χ2v) is 5.53. The van der Waals surface area contributed by atoms with Gasteiger partial charge in [0.1, 0.15) is 5.15 Å². The number of hydrogen-bond acceptors (Lipinski definition) is 4. The van der Waals surface area contributed by atoms with Crippen LogP contribution in [0.1, 0.15) is 11.3 Å². The fourth-order valence-electron chi connectivity index (χ4n) is 2.06. The lowest BCUT2D eigenvalue weighted by molar-refractivity contribution is 0.109. The largest absolute Gasteiger partial charge is 0.376 e. The topological polar surface area (TPSA) is 35.0 Å². The second kappa shape index (κ2) is 5.49. The van der Waals surface area contributed by atoms with Gasteiger partial charge in [-0.05, 0) is 18.4 Å². The number of rotatable bonds is 2. The molecule has 0 unspecified atom stereocenters. The highest BCUT2D eigenvalue weighted by molar-refractivity contribution is 7.98. The Bertz CT molecular complexity index is 601. The molecule has 19 heavy (non-hydrogen) atoms. The van der Waals surface area contributed by atoms with Crippen LogP contribution in [-0.2, 0) is 17.8 Å². The third kappa shape index (κ3) is 2.61. The zero-order valence-corrected chi connectivity index (χ0v) is 12.1. The van der Waals surface area contributed by atoms with Crippen molar-refractivity contribution in [3.05, 3.63) is 40.7 Å². The molecule has 0 aliphatic carbocycles. The van der Waals surface area contributed by atoms with Gasteiger partial charge in [0.2, 0.25) is 0 Å². The fourth-order valence-corrected chi connectivity index (χ4v) is 2.71. The van der Waals surface area contributed by atoms with Gasteiger partial charge in [-0.15, -0.1) is 11.8 Å².